The van der Waals surface area contributed by atoms with Crippen LogP contribution in [0.4, 0.5) is 0 Å². The Hall–Kier alpha value is -2.74. The maximum atomic E-state index is 12.1. The highest BCUT2D eigenvalue weighted by Gasteiger charge is 2.22. The molecule has 0 bridgehead atoms. The van der Waals surface area contributed by atoms with Gasteiger partial charge in [0.05, 0.1) is 11.1 Å². The van der Waals surface area contributed by atoms with Gasteiger partial charge < -0.3 is 4.74 Å². The number of ether oxygens (including phenoxy) is 1. The highest BCUT2D eigenvalue weighted by molar-refractivity contribution is 5.91. The molecule has 2 radical (unpaired) electrons. The van der Waals surface area contributed by atoms with Crippen molar-refractivity contribution >= 4 is 11.9 Å². The van der Waals surface area contributed by atoms with Gasteiger partial charge in [-0.15, -0.1) is 9.78 Å². The first-order chi connectivity index (χ1) is 13.0. The summed E-state index contributed by atoms with van der Waals surface area (Å²) in [5.41, 5.74) is 2.08. The smallest absolute Gasteiger partial charge is 0.373 e. The third kappa shape index (κ3) is 6.18. The Balaban J connectivity index is 1.92. The van der Waals surface area contributed by atoms with Crippen LogP contribution in [0.3, 0.4) is 0 Å². The molecule has 0 N–H and O–H groups in total. The second kappa shape index (κ2) is 10.4. The molecule has 7 nitrogen and oxygen atoms in total. The van der Waals surface area contributed by atoms with Gasteiger partial charge in [-0.25, -0.2) is 9.59 Å². The number of carbonyl (C=O) groups excluding carboxylic acids is 2. The van der Waals surface area contributed by atoms with Gasteiger partial charge in [-0.1, -0.05) is 36.4 Å². The summed E-state index contributed by atoms with van der Waals surface area (Å²) in [4.78, 5) is 43.3. The summed E-state index contributed by atoms with van der Waals surface area (Å²) in [6.07, 6.45) is -0.359. The van der Waals surface area contributed by atoms with Gasteiger partial charge in [0.1, 0.15) is 6.61 Å². The summed E-state index contributed by atoms with van der Waals surface area (Å²) in [7, 11) is 0. The van der Waals surface area contributed by atoms with E-state index in [-0.39, 0.29) is 19.5 Å². The van der Waals surface area contributed by atoms with Crippen LogP contribution in [0, 0.1) is 27.1 Å². The zero-order valence-electron chi connectivity index (χ0n) is 15.1. The molecule has 0 aliphatic heterocycles. The normalized spacial score (nSPS) is 10.7. The predicted molar refractivity (Wildman–Crippen MR) is 94.8 cm³/mol. The fourth-order valence-electron chi connectivity index (χ4n) is 2.08. The summed E-state index contributed by atoms with van der Waals surface area (Å²) in [5.74, 6) is -1.46. The van der Waals surface area contributed by atoms with E-state index in [0.717, 1.165) is 0 Å². The minimum atomic E-state index is -0.728. The molecule has 2 aromatic rings. The van der Waals surface area contributed by atoms with Gasteiger partial charge in [0.15, 0.2) is 0 Å². The van der Waals surface area contributed by atoms with Crippen molar-refractivity contribution in [3.05, 3.63) is 84.0 Å². The number of benzene rings is 2. The molecule has 0 aliphatic rings. The summed E-state index contributed by atoms with van der Waals surface area (Å²) < 4.78 is 5.04. The molecule has 0 saturated heterocycles. The number of carbonyl (C=O) groups is 2. The second-order valence-corrected chi connectivity index (χ2v) is 5.46. The Morgan fingerprint density at radius 1 is 0.778 bits per heavy atom. The summed E-state index contributed by atoms with van der Waals surface area (Å²) in [6, 6.07) is 13.7. The topological polar surface area (TPSA) is 80.3 Å². The van der Waals surface area contributed by atoms with E-state index in [2.05, 4.69) is 6.92 Å². The standard InChI is InChI=1S/C20H20O7/c1-4-23-13-18(24-26-19(21)16-11-7-5-9-14(16)2)25-27-20(22)17-12-8-6-10-15(17)3/h5-12H,1,4,13H2,2-3H3. The number of hydrogen-bond acceptors (Lipinski definition) is 7. The molecule has 0 spiro atoms. The maximum absolute atomic E-state index is 12.1. The lowest BCUT2D eigenvalue weighted by Gasteiger charge is -2.14. The molecule has 7 heteroatoms. The van der Waals surface area contributed by atoms with Crippen molar-refractivity contribution < 1.29 is 33.9 Å². The van der Waals surface area contributed by atoms with Crippen molar-refractivity contribution in [3.63, 3.8) is 0 Å². The van der Waals surface area contributed by atoms with Crippen LogP contribution in [0.1, 0.15) is 31.8 Å². The van der Waals surface area contributed by atoms with Crippen LogP contribution in [-0.4, -0.2) is 25.2 Å². The van der Waals surface area contributed by atoms with Crippen LogP contribution in [-0.2, 0) is 24.3 Å². The highest BCUT2D eigenvalue weighted by atomic mass is 17.3. The van der Waals surface area contributed by atoms with E-state index in [9.17, 15) is 9.59 Å². The molecular formula is C20H20O7. The van der Waals surface area contributed by atoms with E-state index < -0.39 is 11.9 Å². The molecule has 0 amide bonds. The Kier molecular flexibility index (Phi) is 7.94. The molecule has 2 aromatic carbocycles. The van der Waals surface area contributed by atoms with Crippen LogP contribution >= 0.6 is 0 Å². The summed E-state index contributed by atoms with van der Waals surface area (Å²) in [5, 5.41) is 0. The van der Waals surface area contributed by atoms with Gasteiger partial charge in [0, 0.05) is 6.61 Å². The van der Waals surface area contributed by atoms with Crippen LogP contribution < -0.4 is 0 Å². The molecular weight excluding hydrogens is 352 g/mol. The molecule has 0 aliphatic carbocycles. The van der Waals surface area contributed by atoms with Crippen molar-refractivity contribution in [2.45, 2.75) is 13.8 Å². The summed E-state index contributed by atoms with van der Waals surface area (Å²) >= 11 is 0. The fraction of sp³-hybridized carbons (Fsp3) is 0.200. The summed E-state index contributed by atoms with van der Waals surface area (Å²) in [6.45, 7) is 6.88. The average Bonchev–Trinajstić information content (AvgIpc) is 2.67. The van der Waals surface area contributed by atoms with Crippen LogP contribution in [0.2, 0.25) is 0 Å². The molecule has 142 valence electrons. The fourth-order valence-corrected chi connectivity index (χ4v) is 2.08. The van der Waals surface area contributed by atoms with E-state index in [4.69, 9.17) is 24.3 Å². The lowest BCUT2D eigenvalue weighted by molar-refractivity contribution is -0.368. The minimum absolute atomic E-state index is 0.105. The third-order valence-electron chi connectivity index (χ3n) is 3.51. The molecule has 0 atom stereocenters. The van der Waals surface area contributed by atoms with Gasteiger partial charge in [-0.05, 0) is 44.0 Å². The van der Waals surface area contributed by atoms with Gasteiger partial charge in [0.25, 0.3) is 0 Å². The third-order valence-corrected chi connectivity index (χ3v) is 3.51. The first-order valence-corrected chi connectivity index (χ1v) is 8.14. The highest BCUT2D eigenvalue weighted by Crippen LogP contribution is 2.15. The lowest BCUT2D eigenvalue weighted by atomic mass is 10.1. The lowest BCUT2D eigenvalue weighted by Crippen LogP contribution is -2.20. The SMILES string of the molecule is [CH2]COC[C](OOC(=O)c1ccccc1C)OOC(=O)c1ccccc1C. The minimum Gasteiger partial charge on any atom is -0.375 e. The number of aryl methyl sites for hydroxylation is 2. The zero-order chi connectivity index (χ0) is 19.6. The number of hydrogen-bond donors (Lipinski definition) is 0. The molecule has 0 heterocycles. The average molecular weight is 372 g/mol. The van der Waals surface area contributed by atoms with Crippen molar-refractivity contribution in [1.29, 1.82) is 0 Å². The predicted octanol–water partition coefficient (Wildman–Crippen LogP) is 3.52. The second-order valence-electron chi connectivity index (χ2n) is 5.46. The Labute approximate surface area is 157 Å². The van der Waals surface area contributed by atoms with Crippen molar-refractivity contribution in [2.75, 3.05) is 13.2 Å². The monoisotopic (exact) mass is 372 g/mol. The van der Waals surface area contributed by atoms with E-state index in [1.54, 1.807) is 62.4 Å². The van der Waals surface area contributed by atoms with Crippen LogP contribution in [0.15, 0.2) is 48.5 Å². The molecule has 0 aromatic heterocycles. The van der Waals surface area contributed by atoms with E-state index in [1.165, 1.54) is 0 Å². The molecule has 2 rings (SSSR count). The van der Waals surface area contributed by atoms with Crippen molar-refractivity contribution in [2.24, 2.45) is 0 Å². The quantitative estimate of drug-likeness (QED) is 0.492. The number of rotatable bonds is 9. The van der Waals surface area contributed by atoms with Gasteiger partial charge in [-0.3, -0.25) is 9.78 Å². The Morgan fingerprint density at radius 2 is 1.22 bits per heavy atom. The zero-order valence-corrected chi connectivity index (χ0v) is 15.1. The molecule has 0 unspecified atom stereocenters. The van der Waals surface area contributed by atoms with Crippen molar-refractivity contribution in [1.82, 2.24) is 0 Å². The Bertz CT molecular complexity index is 711. The molecule has 0 fully saturated rings. The van der Waals surface area contributed by atoms with Gasteiger partial charge in [0.2, 0.25) is 0 Å². The van der Waals surface area contributed by atoms with Gasteiger partial charge >= 0.3 is 18.2 Å². The molecule has 27 heavy (non-hydrogen) atoms. The first kappa shape index (κ1) is 20.6. The van der Waals surface area contributed by atoms with Crippen molar-refractivity contribution in [3.8, 4) is 0 Å². The van der Waals surface area contributed by atoms with E-state index in [0.29, 0.717) is 22.3 Å². The molecule has 0 saturated carbocycles. The van der Waals surface area contributed by atoms with E-state index in [1.807, 2.05) is 0 Å². The largest absolute Gasteiger partial charge is 0.375 e. The van der Waals surface area contributed by atoms with Crippen LogP contribution in [0.5, 0.6) is 0 Å². The van der Waals surface area contributed by atoms with E-state index >= 15 is 0 Å². The first-order valence-electron chi connectivity index (χ1n) is 8.14. The van der Waals surface area contributed by atoms with Gasteiger partial charge in [-0.2, -0.15) is 0 Å². The maximum Gasteiger partial charge on any atom is 0.373 e. The Morgan fingerprint density at radius 3 is 1.63 bits per heavy atom. The van der Waals surface area contributed by atoms with Crippen LogP contribution in [0.25, 0.3) is 0 Å².